The molecule has 0 aromatic rings. The minimum atomic E-state index is -0.915. The molecule has 0 aromatic carbocycles. The van der Waals surface area contributed by atoms with Gasteiger partial charge < -0.3 is 34.6 Å². The van der Waals surface area contributed by atoms with Gasteiger partial charge in [0.2, 0.25) is 0 Å². The lowest BCUT2D eigenvalue weighted by Crippen LogP contribution is -2.44. The number of unbranched alkanes of at least 4 members (excludes halogenated alkanes) is 2. The third kappa shape index (κ3) is 12.1. The molecular formula is C18H36Br2O7. The molecule has 0 bridgehead atoms. The molecule has 7 nitrogen and oxygen atoms in total. The molecule has 0 saturated carbocycles. The first kappa shape index (κ1) is 27.7. The molecule has 164 valence electrons. The lowest BCUT2D eigenvalue weighted by Gasteiger charge is -2.33. The fourth-order valence-electron chi connectivity index (χ4n) is 2.21. The lowest BCUT2D eigenvalue weighted by molar-refractivity contribution is -0.118. The Morgan fingerprint density at radius 1 is 0.519 bits per heavy atom. The van der Waals surface area contributed by atoms with Gasteiger partial charge in [-0.15, -0.1) is 0 Å². The van der Waals surface area contributed by atoms with E-state index in [1.807, 2.05) is 0 Å². The van der Waals surface area contributed by atoms with E-state index in [0.717, 1.165) is 36.3 Å². The molecule has 0 spiro atoms. The van der Waals surface area contributed by atoms with Gasteiger partial charge in [0.15, 0.2) is 0 Å². The SMILES string of the molecule is OCC(CO)(COCCCCBr)COCC(CO)(CO)COCCCCBr. The number of halogens is 2. The zero-order valence-electron chi connectivity index (χ0n) is 16.1. The van der Waals surface area contributed by atoms with Crippen molar-refractivity contribution in [2.24, 2.45) is 10.8 Å². The Kier molecular flexibility index (Phi) is 18.0. The summed E-state index contributed by atoms with van der Waals surface area (Å²) in [5, 5.41) is 40.6. The van der Waals surface area contributed by atoms with Crippen LogP contribution < -0.4 is 0 Å². The van der Waals surface area contributed by atoms with Gasteiger partial charge in [-0.05, 0) is 25.7 Å². The Morgan fingerprint density at radius 3 is 1.15 bits per heavy atom. The molecule has 0 aliphatic rings. The van der Waals surface area contributed by atoms with Crippen molar-refractivity contribution in [3.05, 3.63) is 0 Å². The summed E-state index contributed by atoms with van der Waals surface area (Å²) in [6.07, 6.45) is 3.77. The molecule has 0 unspecified atom stereocenters. The lowest BCUT2D eigenvalue weighted by atomic mass is 9.90. The molecule has 0 rings (SSSR count). The third-order valence-corrected chi connectivity index (χ3v) is 5.44. The predicted molar refractivity (Wildman–Crippen MR) is 112 cm³/mol. The Morgan fingerprint density at radius 2 is 0.852 bits per heavy atom. The summed E-state index contributed by atoms with van der Waals surface area (Å²) in [7, 11) is 0. The molecule has 0 aliphatic heterocycles. The van der Waals surface area contributed by atoms with E-state index in [0.29, 0.717) is 13.2 Å². The average molecular weight is 524 g/mol. The van der Waals surface area contributed by atoms with E-state index in [9.17, 15) is 20.4 Å². The maximum atomic E-state index is 9.69. The standard InChI is InChI=1S/C18H36Br2O7/c19-5-1-3-7-25-13-17(9-21,10-22)15-27-16-18(11-23,12-24)14-26-8-4-2-6-20/h21-24H,1-16H2. The molecule has 0 aliphatic carbocycles. The summed E-state index contributed by atoms with van der Waals surface area (Å²) in [6.45, 7) is 0.444. The molecular weight excluding hydrogens is 488 g/mol. The van der Waals surface area contributed by atoms with Crippen LogP contribution in [0, 0.1) is 10.8 Å². The van der Waals surface area contributed by atoms with Crippen molar-refractivity contribution >= 4 is 31.9 Å². The van der Waals surface area contributed by atoms with Gasteiger partial charge in [0, 0.05) is 23.9 Å². The molecule has 0 heterocycles. The second-order valence-electron chi connectivity index (χ2n) is 7.02. The quantitative estimate of drug-likeness (QED) is 0.141. The number of hydrogen-bond donors (Lipinski definition) is 4. The zero-order valence-corrected chi connectivity index (χ0v) is 19.3. The highest BCUT2D eigenvalue weighted by Crippen LogP contribution is 2.22. The van der Waals surface area contributed by atoms with Gasteiger partial charge >= 0.3 is 0 Å². The van der Waals surface area contributed by atoms with Gasteiger partial charge in [-0.2, -0.15) is 0 Å². The molecule has 27 heavy (non-hydrogen) atoms. The summed E-state index contributed by atoms with van der Waals surface area (Å²) in [5.41, 5.74) is -1.83. The summed E-state index contributed by atoms with van der Waals surface area (Å²) in [4.78, 5) is 0. The topological polar surface area (TPSA) is 109 Å². The highest BCUT2D eigenvalue weighted by molar-refractivity contribution is 9.09. The minimum absolute atomic E-state index is 0.0593. The van der Waals surface area contributed by atoms with Crippen molar-refractivity contribution in [3.63, 3.8) is 0 Å². The highest BCUT2D eigenvalue weighted by Gasteiger charge is 2.34. The first-order valence-electron chi connectivity index (χ1n) is 9.36. The van der Waals surface area contributed by atoms with Gasteiger partial charge in [0.1, 0.15) is 0 Å². The van der Waals surface area contributed by atoms with Crippen molar-refractivity contribution in [1.82, 2.24) is 0 Å². The van der Waals surface area contributed by atoms with Crippen LogP contribution in [0.1, 0.15) is 25.7 Å². The van der Waals surface area contributed by atoms with E-state index >= 15 is 0 Å². The fraction of sp³-hybridized carbons (Fsp3) is 1.00. The molecule has 9 heteroatoms. The number of ether oxygens (including phenoxy) is 3. The van der Waals surface area contributed by atoms with Crippen LogP contribution in [0.3, 0.4) is 0 Å². The third-order valence-electron chi connectivity index (χ3n) is 4.32. The summed E-state index contributed by atoms with van der Waals surface area (Å²) < 4.78 is 16.8. The van der Waals surface area contributed by atoms with E-state index in [4.69, 9.17) is 14.2 Å². The smallest absolute Gasteiger partial charge is 0.0632 e. The first-order valence-corrected chi connectivity index (χ1v) is 11.6. The van der Waals surface area contributed by atoms with E-state index in [-0.39, 0.29) is 52.9 Å². The molecule has 0 fully saturated rings. The number of alkyl halides is 2. The van der Waals surface area contributed by atoms with Gasteiger partial charge in [0.25, 0.3) is 0 Å². The summed E-state index contributed by atoms with van der Waals surface area (Å²) >= 11 is 6.71. The van der Waals surface area contributed by atoms with E-state index in [1.165, 1.54) is 0 Å². The van der Waals surface area contributed by atoms with Gasteiger partial charge in [-0.1, -0.05) is 31.9 Å². The van der Waals surface area contributed by atoms with E-state index in [2.05, 4.69) is 31.9 Å². The molecule has 0 radical (unpaired) electrons. The second kappa shape index (κ2) is 17.5. The molecule has 0 saturated heterocycles. The molecule has 0 atom stereocenters. The van der Waals surface area contributed by atoms with Crippen LogP contribution in [0.15, 0.2) is 0 Å². The number of hydrogen-bond acceptors (Lipinski definition) is 7. The van der Waals surface area contributed by atoms with Gasteiger partial charge in [-0.25, -0.2) is 0 Å². The second-order valence-corrected chi connectivity index (χ2v) is 8.61. The maximum Gasteiger partial charge on any atom is 0.0632 e. The van der Waals surface area contributed by atoms with Crippen LogP contribution in [-0.2, 0) is 14.2 Å². The summed E-state index contributed by atoms with van der Waals surface area (Å²) in [5.74, 6) is 0. The first-order chi connectivity index (χ1) is 13.1. The average Bonchev–Trinajstić information content (AvgIpc) is 2.71. The van der Waals surface area contributed by atoms with Crippen molar-refractivity contribution < 1.29 is 34.6 Å². The van der Waals surface area contributed by atoms with Crippen LogP contribution in [0.2, 0.25) is 0 Å². The molecule has 4 N–H and O–H groups in total. The van der Waals surface area contributed by atoms with Gasteiger partial charge in [0.05, 0.1) is 63.7 Å². The normalized spacial score (nSPS) is 12.7. The number of aliphatic hydroxyl groups excluding tert-OH is 4. The van der Waals surface area contributed by atoms with Crippen LogP contribution >= 0.6 is 31.9 Å². The van der Waals surface area contributed by atoms with Crippen LogP contribution in [0.5, 0.6) is 0 Å². The van der Waals surface area contributed by atoms with E-state index in [1.54, 1.807) is 0 Å². The Balaban J connectivity index is 4.43. The largest absolute Gasteiger partial charge is 0.396 e. The van der Waals surface area contributed by atoms with Crippen molar-refractivity contribution in [2.75, 3.05) is 76.7 Å². The Labute approximate surface area is 179 Å². The molecule has 0 amide bonds. The van der Waals surface area contributed by atoms with Crippen molar-refractivity contribution in [1.29, 1.82) is 0 Å². The van der Waals surface area contributed by atoms with Crippen LogP contribution in [-0.4, -0.2) is 97.2 Å². The highest BCUT2D eigenvalue weighted by atomic mass is 79.9. The van der Waals surface area contributed by atoms with Crippen molar-refractivity contribution in [2.45, 2.75) is 25.7 Å². The van der Waals surface area contributed by atoms with Crippen molar-refractivity contribution in [3.8, 4) is 0 Å². The van der Waals surface area contributed by atoms with E-state index < -0.39 is 10.8 Å². The number of rotatable bonds is 20. The molecule has 0 aromatic heterocycles. The maximum absolute atomic E-state index is 9.69. The minimum Gasteiger partial charge on any atom is -0.396 e. The predicted octanol–water partition coefficient (Wildman–Crippen LogP) is 1.33. The monoisotopic (exact) mass is 522 g/mol. The Hall–Kier alpha value is 0.680. The summed E-state index contributed by atoms with van der Waals surface area (Å²) in [6, 6.07) is 0. The van der Waals surface area contributed by atoms with Crippen LogP contribution in [0.25, 0.3) is 0 Å². The van der Waals surface area contributed by atoms with Crippen LogP contribution in [0.4, 0.5) is 0 Å². The number of aliphatic hydroxyl groups is 4. The zero-order chi connectivity index (χ0) is 20.4. The Bertz CT molecular complexity index is 297. The van der Waals surface area contributed by atoms with Gasteiger partial charge in [-0.3, -0.25) is 0 Å². The fourth-order valence-corrected chi connectivity index (χ4v) is 3.00.